The molecule has 0 N–H and O–H groups in total. The molecule has 0 spiro atoms. The molecule has 32 heavy (non-hydrogen) atoms. The molecule has 2 aromatic carbocycles. The average molecular weight is 483 g/mol. The van der Waals surface area contributed by atoms with Crippen LogP contribution in [-0.4, -0.2) is 73.5 Å². The zero-order valence-corrected chi connectivity index (χ0v) is 20.1. The standard InChI is InChI=1S/C24H30N2O4.2ClH/c1-17-11-26(14-20-16-28-22-8-4-6-10-24(22)30-20)18(2)12-25(17)13-19-15-27-21-7-3-5-9-23(21)29-19;;/h3-10,17-20H,11-16H2,1-2H3;2*1H. The summed E-state index contributed by atoms with van der Waals surface area (Å²) < 4.78 is 24.2. The lowest BCUT2D eigenvalue weighted by atomic mass is 10.1. The number of piperazine rings is 1. The van der Waals surface area contributed by atoms with Gasteiger partial charge in [0.2, 0.25) is 0 Å². The number of rotatable bonds is 4. The summed E-state index contributed by atoms with van der Waals surface area (Å²) in [6, 6.07) is 16.7. The van der Waals surface area contributed by atoms with E-state index >= 15 is 0 Å². The van der Waals surface area contributed by atoms with Crippen LogP contribution in [0.2, 0.25) is 0 Å². The summed E-state index contributed by atoms with van der Waals surface area (Å²) in [5.74, 6) is 3.39. The van der Waals surface area contributed by atoms with Crippen LogP contribution in [0.1, 0.15) is 13.8 Å². The van der Waals surface area contributed by atoms with Crippen LogP contribution in [0, 0.1) is 0 Å². The zero-order chi connectivity index (χ0) is 20.5. The van der Waals surface area contributed by atoms with Gasteiger partial charge in [0.25, 0.3) is 0 Å². The Morgan fingerprint density at radius 3 is 1.44 bits per heavy atom. The second kappa shape index (κ2) is 10.8. The van der Waals surface area contributed by atoms with E-state index in [0.717, 1.165) is 49.2 Å². The third kappa shape index (κ3) is 5.37. The van der Waals surface area contributed by atoms with E-state index in [1.807, 2.05) is 48.5 Å². The van der Waals surface area contributed by atoms with Crippen LogP contribution in [0.25, 0.3) is 0 Å². The Morgan fingerprint density at radius 1 is 0.656 bits per heavy atom. The fourth-order valence-corrected chi connectivity index (χ4v) is 4.61. The molecule has 5 rings (SSSR count). The SMILES string of the molecule is CC1CN(CC2COc3ccccc3O2)C(C)CN1CC1COc2ccccc2O1.Cl.Cl. The van der Waals surface area contributed by atoms with Gasteiger partial charge in [0, 0.05) is 38.3 Å². The van der Waals surface area contributed by atoms with Crippen molar-refractivity contribution in [3.63, 3.8) is 0 Å². The predicted molar refractivity (Wildman–Crippen MR) is 129 cm³/mol. The molecule has 4 atom stereocenters. The van der Waals surface area contributed by atoms with E-state index in [-0.39, 0.29) is 37.0 Å². The fourth-order valence-electron chi connectivity index (χ4n) is 4.61. The van der Waals surface area contributed by atoms with Gasteiger partial charge in [0.15, 0.2) is 23.0 Å². The summed E-state index contributed by atoms with van der Waals surface area (Å²) in [4.78, 5) is 5.05. The van der Waals surface area contributed by atoms with Crippen LogP contribution in [0.3, 0.4) is 0 Å². The van der Waals surface area contributed by atoms with Gasteiger partial charge in [-0.1, -0.05) is 24.3 Å². The summed E-state index contributed by atoms with van der Waals surface area (Å²) >= 11 is 0. The normalized spacial score (nSPS) is 27.1. The highest BCUT2D eigenvalue weighted by Gasteiger charge is 2.34. The van der Waals surface area contributed by atoms with E-state index in [1.165, 1.54) is 0 Å². The second-order valence-corrected chi connectivity index (χ2v) is 8.60. The molecule has 0 radical (unpaired) electrons. The van der Waals surface area contributed by atoms with Crippen LogP contribution in [0.5, 0.6) is 23.0 Å². The highest BCUT2D eigenvalue weighted by atomic mass is 35.5. The molecule has 2 aromatic rings. The number of halogens is 2. The molecule has 176 valence electrons. The van der Waals surface area contributed by atoms with Gasteiger partial charge in [-0.2, -0.15) is 0 Å². The van der Waals surface area contributed by atoms with Gasteiger partial charge >= 0.3 is 0 Å². The molecule has 1 fully saturated rings. The Hall–Kier alpha value is -1.86. The molecule has 6 nitrogen and oxygen atoms in total. The van der Waals surface area contributed by atoms with E-state index in [9.17, 15) is 0 Å². The number of hydrogen-bond donors (Lipinski definition) is 0. The van der Waals surface area contributed by atoms with Gasteiger partial charge in [-0.25, -0.2) is 0 Å². The van der Waals surface area contributed by atoms with Gasteiger partial charge in [0.05, 0.1) is 0 Å². The molecular weight excluding hydrogens is 451 g/mol. The number of hydrogen-bond acceptors (Lipinski definition) is 6. The van der Waals surface area contributed by atoms with E-state index in [1.54, 1.807) is 0 Å². The molecule has 0 amide bonds. The summed E-state index contributed by atoms with van der Waals surface area (Å²) in [5, 5.41) is 0. The first kappa shape index (κ1) is 24.8. The van der Waals surface area contributed by atoms with Crippen molar-refractivity contribution < 1.29 is 18.9 Å². The van der Waals surface area contributed by atoms with Gasteiger partial charge < -0.3 is 18.9 Å². The second-order valence-electron chi connectivity index (χ2n) is 8.60. The minimum Gasteiger partial charge on any atom is -0.486 e. The Labute approximate surface area is 202 Å². The third-order valence-corrected chi connectivity index (χ3v) is 6.26. The van der Waals surface area contributed by atoms with Gasteiger partial charge in [0.1, 0.15) is 25.4 Å². The Bertz CT molecular complexity index is 815. The summed E-state index contributed by atoms with van der Waals surface area (Å²) in [6.07, 6.45) is 0.125. The van der Waals surface area contributed by atoms with E-state index in [0.29, 0.717) is 25.3 Å². The van der Waals surface area contributed by atoms with Gasteiger partial charge in [-0.05, 0) is 38.1 Å². The number of para-hydroxylation sites is 4. The molecule has 0 bridgehead atoms. The van der Waals surface area contributed by atoms with Crippen molar-refractivity contribution in [2.24, 2.45) is 0 Å². The summed E-state index contributed by atoms with van der Waals surface area (Å²) in [5.41, 5.74) is 0. The van der Waals surface area contributed by atoms with Crippen molar-refractivity contribution in [1.82, 2.24) is 9.80 Å². The number of benzene rings is 2. The zero-order valence-electron chi connectivity index (χ0n) is 18.5. The number of ether oxygens (including phenoxy) is 4. The first-order chi connectivity index (χ1) is 14.7. The van der Waals surface area contributed by atoms with Crippen LogP contribution in [0.4, 0.5) is 0 Å². The lowest BCUT2D eigenvalue weighted by molar-refractivity contribution is -0.0211. The molecule has 3 heterocycles. The molecule has 0 saturated carbocycles. The van der Waals surface area contributed by atoms with Crippen LogP contribution >= 0.6 is 24.8 Å². The Kier molecular flexibility index (Phi) is 8.39. The minimum atomic E-state index is 0. The highest BCUT2D eigenvalue weighted by molar-refractivity contribution is 5.85. The molecule has 1 saturated heterocycles. The maximum atomic E-state index is 6.18. The van der Waals surface area contributed by atoms with Crippen molar-refractivity contribution in [2.45, 2.75) is 38.1 Å². The van der Waals surface area contributed by atoms with Crippen molar-refractivity contribution in [3.05, 3.63) is 48.5 Å². The monoisotopic (exact) mass is 482 g/mol. The third-order valence-electron chi connectivity index (χ3n) is 6.26. The van der Waals surface area contributed by atoms with Crippen LogP contribution in [-0.2, 0) is 0 Å². The summed E-state index contributed by atoms with van der Waals surface area (Å²) in [7, 11) is 0. The van der Waals surface area contributed by atoms with Crippen molar-refractivity contribution >= 4 is 24.8 Å². The fraction of sp³-hybridized carbons (Fsp3) is 0.500. The smallest absolute Gasteiger partial charge is 0.161 e. The molecule has 3 aliphatic heterocycles. The first-order valence-electron chi connectivity index (χ1n) is 10.9. The molecule has 8 heteroatoms. The maximum absolute atomic E-state index is 6.18. The van der Waals surface area contributed by atoms with Gasteiger partial charge in [-0.3, -0.25) is 9.80 Å². The number of nitrogens with zero attached hydrogens (tertiary/aromatic N) is 2. The molecule has 0 aliphatic carbocycles. The lowest BCUT2D eigenvalue weighted by Crippen LogP contribution is -2.60. The van der Waals surface area contributed by atoms with Crippen molar-refractivity contribution in [3.8, 4) is 23.0 Å². The largest absolute Gasteiger partial charge is 0.486 e. The summed E-state index contributed by atoms with van der Waals surface area (Å²) in [6.45, 7) is 9.57. The van der Waals surface area contributed by atoms with Crippen molar-refractivity contribution in [1.29, 1.82) is 0 Å². The van der Waals surface area contributed by atoms with E-state index in [4.69, 9.17) is 18.9 Å². The minimum absolute atomic E-state index is 0. The maximum Gasteiger partial charge on any atom is 0.161 e. The molecule has 3 aliphatic rings. The van der Waals surface area contributed by atoms with E-state index in [2.05, 4.69) is 23.6 Å². The highest BCUT2D eigenvalue weighted by Crippen LogP contribution is 2.33. The number of fused-ring (bicyclic) bond motifs is 2. The van der Waals surface area contributed by atoms with Crippen molar-refractivity contribution in [2.75, 3.05) is 39.4 Å². The van der Waals surface area contributed by atoms with Crippen LogP contribution < -0.4 is 18.9 Å². The first-order valence-corrected chi connectivity index (χ1v) is 10.9. The molecule has 0 aromatic heterocycles. The predicted octanol–water partition coefficient (Wildman–Crippen LogP) is 3.90. The lowest BCUT2D eigenvalue weighted by Gasteiger charge is -2.46. The topological polar surface area (TPSA) is 43.4 Å². The average Bonchev–Trinajstić information content (AvgIpc) is 2.77. The van der Waals surface area contributed by atoms with Crippen LogP contribution in [0.15, 0.2) is 48.5 Å². The Balaban J connectivity index is 0.00000144. The quantitative estimate of drug-likeness (QED) is 0.658. The van der Waals surface area contributed by atoms with E-state index < -0.39 is 0 Å². The molecular formula is C24H32Cl2N2O4. The Morgan fingerprint density at radius 2 is 1.03 bits per heavy atom. The van der Waals surface area contributed by atoms with Gasteiger partial charge in [-0.15, -0.1) is 24.8 Å². The molecule has 4 unspecified atom stereocenters.